The molecule has 750 valence electrons. The van der Waals surface area contributed by atoms with E-state index in [1.54, 1.807) is 0 Å². The Morgan fingerprint density at radius 3 is 0.944 bits per heavy atom. The molecule has 19 heteroatoms. The van der Waals surface area contributed by atoms with E-state index < -0.39 is 6.04 Å². The second-order valence-corrected chi connectivity index (χ2v) is 49.1. The van der Waals surface area contributed by atoms with E-state index in [9.17, 15) is 38.4 Å². The Morgan fingerprint density at radius 2 is 0.648 bits per heavy atom. The third-order valence-corrected chi connectivity index (χ3v) is 18.5. The lowest BCUT2D eigenvalue weighted by Crippen LogP contribution is -2.37. The van der Waals surface area contributed by atoms with E-state index in [0.717, 1.165) is 89.9 Å². The lowest BCUT2D eigenvalue weighted by molar-refractivity contribution is -0.154. The molecule has 2 aliphatic rings. The second-order valence-electron chi connectivity index (χ2n) is 49.1. The summed E-state index contributed by atoms with van der Waals surface area (Å²) in [5.74, 6) is 0.834. The highest BCUT2D eigenvalue weighted by atomic mass is 16.6. The first-order valence-electron chi connectivity index (χ1n) is 48.7. The number of rotatable bonds is 34. The predicted molar refractivity (Wildman–Crippen MR) is 527 cm³/mol. The van der Waals surface area contributed by atoms with Gasteiger partial charge in [-0.25, -0.2) is 4.79 Å². The van der Waals surface area contributed by atoms with Crippen molar-refractivity contribution in [1.82, 2.24) is 0 Å². The third kappa shape index (κ3) is 120. The number of carbonyl (C=O) groups excluding carboxylic acids is 8. The molecule has 2 fully saturated rings. The highest BCUT2D eigenvalue weighted by molar-refractivity contribution is 5.76. The molecule has 4 atom stereocenters. The smallest absolute Gasteiger partial charge is 0.332 e. The summed E-state index contributed by atoms with van der Waals surface area (Å²) in [5.41, 5.74) is 13.8. The first kappa shape index (κ1) is 136. The number of nitrogens with two attached hydrogens (primary N) is 2. The summed E-state index contributed by atoms with van der Waals surface area (Å²) in [6.07, 6.45) is 24.3. The molecule has 4 unspecified atom stereocenters. The molecule has 0 aliphatic heterocycles. The normalized spacial score (nSPS) is 14.4. The maximum atomic E-state index is 11.7. The highest BCUT2D eigenvalue weighted by Crippen LogP contribution is 2.31. The first-order chi connectivity index (χ1) is 56.2. The van der Waals surface area contributed by atoms with Gasteiger partial charge in [0.05, 0.1) is 75.7 Å². The Balaban J connectivity index is -0.000000204. The topological polar surface area (TPSA) is 272 Å². The molecule has 0 radical (unpaired) electrons. The fourth-order valence-corrected chi connectivity index (χ4v) is 11.7. The summed E-state index contributed by atoms with van der Waals surface area (Å²) in [6.45, 7) is 98.6. The number of hydrogen-bond donors (Lipinski definition) is 2. The van der Waals surface area contributed by atoms with Gasteiger partial charge in [-0.15, -0.1) is 0 Å². The molecular formula is C106H214N2O17. The highest BCUT2D eigenvalue weighted by Gasteiger charge is 2.29. The van der Waals surface area contributed by atoms with E-state index in [-0.39, 0.29) is 123 Å². The van der Waals surface area contributed by atoms with Crippen LogP contribution in [0.3, 0.4) is 0 Å². The monoisotopic (exact) mass is 1790 g/mol. The molecule has 19 nitrogen and oxygen atoms in total. The van der Waals surface area contributed by atoms with E-state index >= 15 is 0 Å². The van der Waals surface area contributed by atoms with Crippen LogP contribution in [0.4, 0.5) is 0 Å². The van der Waals surface area contributed by atoms with Crippen molar-refractivity contribution in [2.24, 2.45) is 107 Å². The van der Waals surface area contributed by atoms with Crippen LogP contribution in [-0.2, 0) is 81.0 Å². The molecule has 0 heterocycles. The summed E-state index contributed by atoms with van der Waals surface area (Å²) in [5, 5.41) is 0. The Morgan fingerprint density at radius 1 is 0.328 bits per heavy atom. The van der Waals surface area contributed by atoms with Gasteiger partial charge in [0.1, 0.15) is 12.6 Å². The Kier molecular flexibility index (Phi) is 77.7. The number of hydrogen-bond acceptors (Lipinski definition) is 19. The van der Waals surface area contributed by atoms with Crippen LogP contribution in [0.1, 0.15) is 466 Å². The number of ether oxygens (including phenoxy) is 9. The minimum atomic E-state index is -0.486. The molecule has 2 saturated carbocycles. The van der Waals surface area contributed by atoms with Crippen LogP contribution >= 0.6 is 0 Å². The Labute approximate surface area is 774 Å². The average molecular weight is 1790 g/mol. The molecule has 0 spiro atoms. The summed E-state index contributed by atoms with van der Waals surface area (Å²) in [7, 11) is 0. The van der Waals surface area contributed by atoms with Crippen LogP contribution in [0.5, 0.6) is 0 Å². The molecule has 0 bridgehead atoms. The van der Waals surface area contributed by atoms with Gasteiger partial charge in [0.2, 0.25) is 0 Å². The fraction of sp³-hybridized carbons (Fsp3) is 0.925. The van der Waals surface area contributed by atoms with Crippen molar-refractivity contribution < 1.29 is 81.0 Å². The van der Waals surface area contributed by atoms with Crippen molar-refractivity contribution in [3.63, 3.8) is 0 Å². The minimum absolute atomic E-state index is 0.00350. The maximum Gasteiger partial charge on any atom is 0.332 e. The summed E-state index contributed by atoms with van der Waals surface area (Å²) >= 11 is 0. The summed E-state index contributed by atoms with van der Waals surface area (Å²) < 4.78 is 46.5. The Bertz CT molecular complexity index is 2640. The molecule has 0 aromatic rings. The van der Waals surface area contributed by atoms with Crippen molar-refractivity contribution >= 4 is 47.8 Å². The molecule has 2 rings (SSSR count). The lowest BCUT2D eigenvalue weighted by Gasteiger charge is -2.24. The van der Waals surface area contributed by atoms with E-state index in [4.69, 9.17) is 54.1 Å². The van der Waals surface area contributed by atoms with Gasteiger partial charge < -0.3 is 54.1 Å². The zero-order valence-electron chi connectivity index (χ0n) is 91.1. The standard InChI is InChI=1S/2C13H24O2.C12H25NO2.2C12H24O2.2C11H22O2.C9H19NO3.C7H16.C6H14/c1-10(9-13(2,3)4)15-12(14)11-7-5-6-8-11;1-13(2,3)9-6-10-15-12(14)11-7-4-5-8-11;1-9(2)10(13)11(14)15-8-6-7-12(3,4)5;1-9(2)7-11(13)14-10(3)8-12(4,5)6;1-10(2)9-11(13)14-8-6-7-12(3,4)5;1-8(2)10(12)13-9(3)7-11(4,5)6;1-9(2)8-10(12)13-7-6-11(3,4)5;1-9(2,3)7-13-8(11)6-12-5-4-10;1-5-6-7(2,3)4;1-5-6(2,3)4/h10-11H,5-9H2,1-4H3;11H,4-10H2,1-3H3;9-10H,6-8,13H2,1-5H3;9-10H,7-8H2,1-6H3;10H,6-9H2,1-5H3;8-9H,7H2,1-6H3;9H,6-8H2,1-5H3;4-7,10H2,1-3H3;5-6H2,1-4H3;5H2,1-4H3. The van der Waals surface area contributed by atoms with Gasteiger partial charge in [-0.1, -0.05) is 329 Å². The van der Waals surface area contributed by atoms with Crippen LogP contribution in [0.2, 0.25) is 0 Å². The van der Waals surface area contributed by atoms with Crippen molar-refractivity contribution in [1.29, 1.82) is 0 Å². The van der Waals surface area contributed by atoms with Gasteiger partial charge in [0, 0.05) is 25.8 Å². The van der Waals surface area contributed by atoms with Crippen molar-refractivity contribution in [2.45, 2.75) is 490 Å². The first-order valence-corrected chi connectivity index (χ1v) is 48.7. The van der Waals surface area contributed by atoms with Crippen LogP contribution in [0.15, 0.2) is 0 Å². The molecule has 2 aliphatic carbocycles. The zero-order chi connectivity index (χ0) is 100.0. The molecular weight excluding hydrogens is 1570 g/mol. The van der Waals surface area contributed by atoms with Crippen molar-refractivity contribution in [3.05, 3.63) is 0 Å². The van der Waals surface area contributed by atoms with Crippen LogP contribution in [-0.4, -0.2) is 125 Å². The van der Waals surface area contributed by atoms with Crippen molar-refractivity contribution in [2.75, 3.05) is 52.8 Å². The average Bonchev–Trinajstić information content (AvgIpc) is 1.80. The van der Waals surface area contributed by atoms with Crippen LogP contribution < -0.4 is 11.5 Å². The molecule has 4 N–H and O–H groups in total. The van der Waals surface area contributed by atoms with E-state index in [1.165, 1.54) is 44.9 Å². The summed E-state index contributed by atoms with van der Waals surface area (Å²) in [4.78, 5) is 90.4. The predicted octanol–water partition coefficient (Wildman–Crippen LogP) is 28.1. The van der Waals surface area contributed by atoms with Gasteiger partial charge in [-0.3, -0.25) is 33.6 Å². The van der Waals surface area contributed by atoms with E-state index in [0.29, 0.717) is 110 Å². The van der Waals surface area contributed by atoms with E-state index in [2.05, 4.69) is 201 Å². The second kappa shape index (κ2) is 71.3. The SMILES string of the molecule is CC(C)(C)CCCOC(=O)C1CCCC1.CC(C)(C)COC(=O)COCCN.CC(C)C(N)C(=O)OCCCC(C)(C)C.CC(C)CC(=O)OC(C)CC(C)(C)C.CC(C)CC(=O)OCCC(C)(C)C.CC(C)CC(=O)OCCCC(C)(C)C.CC(CC(C)(C)C)OC(=O)C(C)C.CC(CC(C)(C)C)OC(=O)C1CCCC1.CCC(C)(C)C.CCCC(C)(C)C. The van der Waals surface area contributed by atoms with E-state index in [1.807, 2.05) is 111 Å². The van der Waals surface area contributed by atoms with Crippen LogP contribution in [0.25, 0.3) is 0 Å². The van der Waals surface area contributed by atoms with Gasteiger partial charge in [0.25, 0.3) is 0 Å². The number of carbonyl (C=O) groups is 8. The summed E-state index contributed by atoms with van der Waals surface area (Å²) in [6, 6.07) is -0.486. The maximum absolute atomic E-state index is 11.7. The molecule has 0 saturated heterocycles. The third-order valence-electron chi connectivity index (χ3n) is 18.5. The van der Waals surface area contributed by atoms with Gasteiger partial charge >= 0.3 is 47.8 Å². The zero-order valence-corrected chi connectivity index (χ0v) is 91.1. The van der Waals surface area contributed by atoms with Crippen molar-refractivity contribution in [3.8, 4) is 0 Å². The molecule has 0 aromatic heterocycles. The Hall–Kier alpha value is -4.36. The molecule has 0 aromatic carbocycles. The largest absolute Gasteiger partial charge is 0.466 e. The quantitative estimate of drug-likeness (QED) is 0.0344. The van der Waals surface area contributed by atoms with Gasteiger partial charge in [-0.05, 0) is 195 Å². The fourth-order valence-electron chi connectivity index (χ4n) is 11.7. The van der Waals surface area contributed by atoms with Crippen LogP contribution in [0, 0.1) is 95.6 Å². The minimum Gasteiger partial charge on any atom is -0.466 e. The number of esters is 8. The lowest BCUT2D eigenvalue weighted by atomic mass is 9.89. The molecule has 0 amide bonds. The molecule has 125 heavy (non-hydrogen) atoms. The van der Waals surface area contributed by atoms with Gasteiger partial charge in [-0.2, -0.15) is 0 Å². The van der Waals surface area contributed by atoms with Gasteiger partial charge in [0.15, 0.2) is 0 Å².